The third-order valence-corrected chi connectivity index (χ3v) is 6.88. The van der Waals surface area contributed by atoms with Gasteiger partial charge < -0.3 is 9.15 Å². The van der Waals surface area contributed by atoms with Gasteiger partial charge in [-0.3, -0.25) is 5.43 Å². The summed E-state index contributed by atoms with van der Waals surface area (Å²) in [5.74, 6) is 0.321. The van der Waals surface area contributed by atoms with Crippen molar-refractivity contribution in [1.82, 2.24) is 4.98 Å². The van der Waals surface area contributed by atoms with Gasteiger partial charge in [-0.25, -0.2) is 9.78 Å². The maximum Gasteiger partial charge on any atom is 0.350 e. The molecule has 0 spiro atoms. The highest BCUT2D eigenvalue weighted by atomic mass is 32.1. The maximum absolute atomic E-state index is 11.9. The summed E-state index contributed by atoms with van der Waals surface area (Å²) in [5.41, 5.74) is 8.99. The van der Waals surface area contributed by atoms with Crippen LogP contribution in [-0.2, 0) is 10.2 Å². The minimum atomic E-state index is -0.404. The summed E-state index contributed by atoms with van der Waals surface area (Å²) in [5, 5.41) is 6.79. The van der Waals surface area contributed by atoms with Crippen LogP contribution in [0.15, 0.2) is 52.0 Å². The number of hydrogen-bond donors (Lipinski definition) is 1. The van der Waals surface area contributed by atoms with Gasteiger partial charge in [-0.1, -0.05) is 56.4 Å². The predicted molar refractivity (Wildman–Crippen MR) is 137 cm³/mol. The lowest BCUT2D eigenvalue weighted by Gasteiger charge is -2.19. The molecule has 0 fully saturated rings. The largest absolute Gasteiger partial charge is 0.465 e. The Morgan fingerprint density at radius 3 is 2.38 bits per heavy atom. The number of thiazole rings is 1. The van der Waals surface area contributed by atoms with E-state index in [9.17, 15) is 4.79 Å². The van der Waals surface area contributed by atoms with Crippen molar-refractivity contribution >= 4 is 33.4 Å². The standard InChI is InChI=1S/C27H29N3O3S/c1-15-12-20-21(29-30-26-28-17(3)24(34-26)25(31)32-7)14-22(33-23(20)13-16(15)2)18-8-10-19(11-9-18)27(4,5)6/h8-14H,1-7H3,(H,28,30). The van der Waals surface area contributed by atoms with Gasteiger partial charge in [0.25, 0.3) is 0 Å². The first-order valence-corrected chi connectivity index (χ1v) is 11.9. The first-order chi connectivity index (χ1) is 16.1. The van der Waals surface area contributed by atoms with E-state index in [0.717, 1.165) is 38.8 Å². The van der Waals surface area contributed by atoms with Crippen LogP contribution in [-0.4, -0.2) is 18.1 Å². The van der Waals surface area contributed by atoms with Crippen LogP contribution in [0.25, 0.3) is 22.3 Å². The van der Waals surface area contributed by atoms with Crippen molar-refractivity contribution in [3.05, 3.63) is 75.1 Å². The molecule has 2 aromatic carbocycles. The van der Waals surface area contributed by atoms with E-state index in [4.69, 9.17) is 9.15 Å². The minimum absolute atomic E-state index is 0.0764. The van der Waals surface area contributed by atoms with Crippen LogP contribution < -0.4 is 10.8 Å². The average molecular weight is 476 g/mol. The fraction of sp³-hybridized carbons (Fsp3) is 0.296. The lowest BCUT2D eigenvalue weighted by molar-refractivity contribution is 0.0605. The molecule has 0 atom stereocenters. The Bertz CT molecular complexity index is 1440. The number of nitrogens with zero attached hydrogens (tertiary/aromatic N) is 2. The molecule has 4 rings (SSSR count). The van der Waals surface area contributed by atoms with E-state index in [0.29, 0.717) is 15.7 Å². The Hall–Kier alpha value is -3.45. The molecule has 0 unspecified atom stereocenters. The highest BCUT2D eigenvalue weighted by Crippen LogP contribution is 2.28. The van der Waals surface area contributed by atoms with Crippen molar-refractivity contribution in [3.8, 4) is 11.3 Å². The molecular formula is C27H29N3O3S. The minimum Gasteiger partial charge on any atom is -0.465 e. The number of fused-ring (bicyclic) bond motifs is 1. The van der Waals surface area contributed by atoms with Crippen LogP contribution in [0.2, 0.25) is 0 Å². The number of hydrogen-bond acceptors (Lipinski definition) is 7. The van der Waals surface area contributed by atoms with Crippen LogP contribution in [0, 0.1) is 20.8 Å². The summed E-state index contributed by atoms with van der Waals surface area (Å²) >= 11 is 1.21. The number of anilines is 1. The molecule has 0 saturated heterocycles. The Balaban J connectivity index is 1.82. The van der Waals surface area contributed by atoms with Gasteiger partial charge in [0.2, 0.25) is 5.13 Å². The summed E-state index contributed by atoms with van der Waals surface area (Å²) in [4.78, 5) is 16.8. The molecular weight excluding hydrogens is 446 g/mol. The molecule has 34 heavy (non-hydrogen) atoms. The zero-order valence-electron chi connectivity index (χ0n) is 20.6. The lowest BCUT2D eigenvalue weighted by Crippen LogP contribution is -2.10. The third-order valence-electron chi connectivity index (χ3n) is 5.83. The first-order valence-electron chi connectivity index (χ1n) is 11.1. The Kier molecular flexibility index (Phi) is 6.32. The zero-order valence-corrected chi connectivity index (χ0v) is 21.4. The lowest BCUT2D eigenvalue weighted by atomic mass is 9.86. The zero-order chi connectivity index (χ0) is 24.6. The van der Waals surface area contributed by atoms with E-state index in [1.54, 1.807) is 6.92 Å². The number of aryl methyl sites for hydroxylation is 3. The van der Waals surface area contributed by atoms with Crippen molar-refractivity contribution in [2.45, 2.75) is 47.0 Å². The molecule has 0 aliphatic heterocycles. The molecule has 1 N–H and O–H groups in total. The summed E-state index contributed by atoms with van der Waals surface area (Å²) < 4.78 is 11.1. The number of rotatable bonds is 4. The quantitative estimate of drug-likeness (QED) is 0.269. The molecule has 7 heteroatoms. The number of aromatic nitrogens is 1. The molecule has 2 aromatic heterocycles. The smallest absolute Gasteiger partial charge is 0.350 e. The second-order valence-electron chi connectivity index (χ2n) is 9.40. The average Bonchev–Trinajstić information content (AvgIpc) is 3.17. The predicted octanol–water partition coefficient (Wildman–Crippen LogP) is 6.49. The molecule has 176 valence electrons. The molecule has 0 aliphatic carbocycles. The molecule has 0 radical (unpaired) electrons. The second kappa shape index (κ2) is 9.06. The van der Waals surface area contributed by atoms with Crippen LogP contribution in [0.5, 0.6) is 0 Å². The van der Waals surface area contributed by atoms with E-state index < -0.39 is 5.97 Å². The number of ether oxygens (including phenoxy) is 1. The van der Waals surface area contributed by atoms with Gasteiger partial charge in [0.05, 0.1) is 18.2 Å². The Morgan fingerprint density at radius 1 is 1.06 bits per heavy atom. The summed E-state index contributed by atoms with van der Waals surface area (Å²) in [6.45, 7) is 12.5. The topological polar surface area (TPSA) is 76.7 Å². The summed E-state index contributed by atoms with van der Waals surface area (Å²) in [7, 11) is 1.36. The van der Waals surface area contributed by atoms with Crippen molar-refractivity contribution in [3.63, 3.8) is 0 Å². The van der Waals surface area contributed by atoms with Crippen LogP contribution in [0.3, 0.4) is 0 Å². The molecule has 0 amide bonds. The number of carbonyl (C=O) groups excluding carboxylic acids is 1. The first kappa shape index (κ1) is 23.7. The van der Waals surface area contributed by atoms with Crippen molar-refractivity contribution in [2.24, 2.45) is 5.10 Å². The van der Waals surface area contributed by atoms with E-state index in [1.807, 2.05) is 12.1 Å². The van der Waals surface area contributed by atoms with E-state index >= 15 is 0 Å². The molecule has 0 saturated carbocycles. The van der Waals surface area contributed by atoms with Crippen molar-refractivity contribution < 1.29 is 13.9 Å². The SMILES string of the molecule is COC(=O)c1sc(NN=c2cc(-c3ccc(C(C)(C)C)cc3)oc3cc(C)c(C)cc23)nc1C. The fourth-order valence-corrected chi connectivity index (χ4v) is 4.46. The second-order valence-corrected chi connectivity index (χ2v) is 10.4. The molecule has 0 aliphatic rings. The summed E-state index contributed by atoms with van der Waals surface area (Å²) in [6, 6.07) is 14.5. The molecule has 0 bridgehead atoms. The van der Waals surface area contributed by atoms with Crippen molar-refractivity contribution in [1.29, 1.82) is 0 Å². The number of carbonyl (C=O) groups is 1. The number of benzene rings is 2. The number of methoxy groups -OCH3 is 1. The van der Waals surface area contributed by atoms with Crippen LogP contribution in [0.1, 0.15) is 52.8 Å². The molecule has 2 heterocycles. The summed E-state index contributed by atoms with van der Waals surface area (Å²) in [6.07, 6.45) is 0. The number of esters is 1. The van der Waals surface area contributed by atoms with Gasteiger partial charge in [0, 0.05) is 17.0 Å². The highest BCUT2D eigenvalue weighted by molar-refractivity contribution is 7.17. The Morgan fingerprint density at radius 2 is 1.74 bits per heavy atom. The van der Waals surface area contributed by atoms with Crippen LogP contribution >= 0.6 is 11.3 Å². The van der Waals surface area contributed by atoms with Gasteiger partial charge in [-0.2, -0.15) is 5.10 Å². The highest BCUT2D eigenvalue weighted by Gasteiger charge is 2.16. The molecule has 4 aromatic rings. The van der Waals surface area contributed by atoms with Gasteiger partial charge >= 0.3 is 5.97 Å². The monoisotopic (exact) mass is 475 g/mol. The van der Waals surface area contributed by atoms with Gasteiger partial charge in [-0.05, 0) is 55.0 Å². The van der Waals surface area contributed by atoms with E-state index in [-0.39, 0.29) is 5.41 Å². The van der Waals surface area contributed by atoms with Gasteiger partial charge in [0.15, 0.2) is 0 Å². The number of nitrogens with one attached hydrogen (secondary N) is 1. The van der Waals surface area contributed by atoms with E-state index in [1.165, 1.54) is 24.0 Å². The Labute approximate surface area is 203 Å². The van der Waals surface area contributed by atoms with Crippen molar-refractivity contribution in [2.75, 3.05) is 12.5 Å². The van der Waals surface area contributed by atoms with E-state index in [2.05, 4.69) is 80.5 Å². The maximum atomic E-state index is 11.9. The van der Waals surface area contributed by atoms with Crippen LogP contribution in [0.4, 0.5) is 5.13 Å². The normalized spacial score (nSPS) is 12.3. The molecule has 6 nitrogen and oxygen atoms in total. The van der Waals surface area contributed by atoms with Gasteiger partial charge in [-0.15, -0.1) is 0 Å². The van der Waals surface area contributed by atoms with Gasteiger partial charge in [0.1, 0.15) is 16.2 Å². The third kappa shape index (κ3) is 4.75. The fourth-order valence-electron chi connectivity index (χ4n) is 3.63.